The fourth-order valence-corrected chi connectivity index (χ4v) is 5.13. The molecule has 2 fully saturated rings. The van der Waals surface area contributed by atoms with Gasteiger partial charge in [-0.3, -0.25) is 0 Å². The van der Waals surface area contributed by atoms with Crippen LogP contribution in [-0.2, 0) is 12.8 Å². The maximum atomic E-state index is 10.4. The Kier molecular flexibility index (Phi) is 4.70. The minimum absolute atomic E-state index is 0.0615. The van der Waals surface area contributed by atoms with E-state index in [0.29, 0.717) is 12.1 Å². The van der Waals surface area contributed by atoms with Crippen molar-refractivity contribution in [2.45, 2.75) is 64.5 Å². The Morgan fingerprint density at radius 2 is 2.00 bits per heavy atom. The van der Waals surface area contributed by atoms with Crippen LogP contribution in [0.5, 0.6) is 0 Å². The van der Waals surface area contributed by atoms with Gasteiger partial charge in [0.1, 0.15) is 11.6 Å². The zero-order chi connectivity index (χ0) is 18.1. The van der Waals surface area contributed by atoms with Crippen LogP contribution in [0.1, 0.15) is 49.7 Å². The number of rotatable bonds is 6. The van der Waals surface area contributed by atoms with Gasteiger partial charge in [-0.2, -0.15) is 0 Å². The molecule has 2 bridgehead atoms. The second-order valence-electron chi connectivity index (χ2n) is 8.07. The molecule has 1 aromatic carbocycles. The molecule has 1 N–H and O–H groups in total. The van der Waals surface area contributed by atoms with E-state index < -0.39 is 0 Å². The van der Waals surface area contributed by atoms with E-state index in [2.05, 4.69) is 60.1 Å². The standard InChI is InChI=1S/C22H29N3O/c1-3-7-20-23-16(2)12-21(24-20)25-18-10-11-19(25)22(14-18,15-26)13-17-8-5-4-6-9-17/h4-6,8-9,12,18-19,26H,3,7,10-11,13-15H2,1-2H3/t18-,19+,22-/m1/s1. The van der Waals surface area contributed by atoms with Gasteiger partial charge >= 0.3 is 0 Å². The number of aromatic nitrogens is 2. The molecule has 26 heavy (non-hydrogen) atoms. The number of hydrogen-bond donors (Lipinski definition) is 1. The van der Waals surface area contributed by atoms with Crippen molar-refractivity contribution in [3.63, 3.8) is 0 Å². The van der Waals surface area contributed by atoms with E-state index in [1.165, 1.54) is 12.0 Å². The largest absolute Gasteiger partial charge is 0.396 e. The van der Waals surface area contributed by atoms with Gasteiger partial charge < -0.3 is 10.0 Å². The third-order valence-electron chi connectivity index (χ3n) is 6.19. The molecule has 2 aliphatic rings. The molecule has 3 heterocycles. The van der Waals surface area contributed by atoms with Gasteiger partial charge in [0.15, 0.2) is 0 Å². The second-order valence-corrected chi connectivity index (χ2v) is 8.07. The Hall–Kier alpha value is -1.94. The molecule has 4 heteroatoms. The number of benzene rings is 1. The lowest BCUT2D eigenvalue weighted by Gasteiger charge is -2.36. The first-order valence-electron chi connectivity index (χ1n) is 9.93. The van der Waals surface area contributed by atoms with Crippen LogP contribution >= 0.6 is 0 Å². The van der Waals surface area contributed by atoms with Crippen LogP contribution in [0, 0.1) is 12.3 Å². The van der Waals surface area contributed by atoms with Crippen molar-refractivity contribution >= 4 is 5.82 Å². The number of fused-ring (bicyclic) bond motifs is 2. The van der Waals surface area contributed by atoms with Gasteiger partial charge in [0.05, 0.1) is 6.61 Å². The first-order valence-corrected chi connectivity index (χ1v) is 9.93. The van der Waals surface area contributed by atoms with Crippen LogP contribution < -0.4 is 4.90 Å². The summed E-state index contributed by atoms with van der Waals surface area (Å²) < 4.78 is 0. The van der Waals surface area contributed by atoms with E-state index in [0.717, 1.165) is 49.4 Å². The number of hydrogen-bond acceptors (Lipinski definition) is 4. The van der Waals surface area contributed by atoms with E-state index in [1.807, 2.05) is 0 Å². The summed E-state index contributed by atoms with van der Waals surface area (Å²) in [5, 5.41) is 10.4. The molecular formula is C22H29N3O. The van der Waals surface area contributed by atoms with Crippen LogP contribution in [0.3, 0.4) is 0 Å². The summed E-state index contributed by atoms with van der Waals surface area (Å²) in [5.41, 5.74) is 2.30. The maximum absolute atomic E-state index is 10.4. The van der Waals surface area contributed by atoms with E-state index in [4.69, 9.17) is 4.98 Å². The third kappa shape index (κ3) is 3.01. The van der Waals surface area contributed by atoms with E-state index >= 15 is 0 Å². The Bertz CT molecular complexity index is 763. The molecule has 0 spiro atoms. The fourth-order valence-electron chi connectivity index (χ4n) is 5.13. The van der Waals surface area contributed by atoms with Crippen molar-refractivity contribution in [2.75, 3.05) is 11.5 Å². The zero-order valence-electron chi connectivity index (χ0n) is 15.9. The molecule has 4 nitrogen and oxygen atoms in total. The van der Waals surface area contributed by atoms with Crippen molar-refractivity contribution in [3.05, 3.63) is 53.5 Å². The lowest BCUT2D eigenvalue weighted by Crippen LogP contribution is -2.42. The maximum Gasteiger partial charge on any atom is 0.133 e. The summed E-state index contributed by atoms with van der Waals surface area (Å²) >= 11 is 0. The molecule has 2 saturated heterocycles. The number of anilines is 1. The van der Waals surface area contributed by atoms with Crippen LogP contribution in [0.4, 0.5) is 5.82 Å². The highest BCUT2D eigenvalue weighted by molar-refractivity contribution is 5.48. The highest BCUT2D eigenvalue weighted by atomic mass is 16.3. The number of nitrogens with zero attached hydrogens (tertiary/aromatic N) is 3. The summed E-state index contributed by atoms with van der Waals surface area (Å²) in [6.07, 6.45) is 6.32. The highest BCUT2D eigenvalue weighted by Gasteiger charge is 2.55. The van der Waals surface area contributed by atoms with Crippen molar-refractivity contribution in [2.24, 2.45) is 5.41 Å². The first kappa shape index (κ1) is 17.5. The molecule has 2 aliphatic heterocycles. The van der Waals surface area contributed by atoms with Crippen LogP contribution in [-0.4, -0.2) is 33.8 Å². The molecule has 0 radical (unpaired) electrons. The lowest BCUT2D eigenvalue weighted by atomic mass is 9.70. The summed E-state index contributed by atoms with van der Waals surface area (Å²) in [6, 6.07) is 13.6. The van der Waals surface area contributed by atoms with Gasteiger partial charge in [-0.1, -0.05) is 37.3 Å². The smallest absolute Gasteiger partial charge is 0.133 e. The molecule has 3 atom stereocenters. The van der Waals surface area contributed by atoms with Gasteiger partial charge in [0, 0.05) is 35.7 Å². The second kappa shape index (κ2) is 6.99. The van der Waals surface area contributed by atoms with Gasteiger partial charge in [-0.05, 0) is 44.6 Å². The first-order chi connectivity index (χ1) is 12.6. The van der Waals surface area contributed by atoms with Gasteiger partial charge in [-0.25, -0.2) is 9.97 Å². The van der Waals surface area contributed by atoms with Crippen LogP contribution in [0.25, 0.3) is 0 Å². The predicted molar refractivity (Wildman–Crippen MR) is 104 cm³/mol. The van der Waals surface area contributed by atoms with Crippen molar-refractivity contribution in [1.29, 1.82) is 0 Å². The van der Waals surface area contributed by atoms with Gasteiger partial charge in [0.25, 0.3) is 0 Å². The minimum atomic E-state index is -0.0615. The lowest BCUT2D eigenvalue weighted by molar-refractivity contribution is 0.0984. The Morgan fingerprint density at radius 3 is 2.73 bits per heavy atom. The third-order valence-corrected chi connectivity index (χ3v) is 6.19. The van der Waals surface area contributed by atoms with E-state index in [-0.39, 0.29) is 12.0 Å². The minimum Gasteiger partial charge on any atom is -0.396 e. The van der Waals surface area contributed by atoms with Gasteiger partial charge in [0.2, 0.25) is 0 Å². The number of aryl methyl sites for hydroxylation is 2. The normalized spacial score (nSPS) is 27.3. The highest BCUT2D eigenvalue weighted by Crippen LogP contribution is 2.52. The Balaban J connectivity index is 1.65. The summed E-state index contributed by atoms with van der Waals surface area (Å²) in [4.78, 5) is 12.0. The molecule has 0 aliphatic carbocycles. The molecule has 0 unspecified atom stereocenters. The topological polar surface area (TPSA) is 49.2 Å². The predicted octanol–water partition coefficient (Wildman–Crippen LogP) is 3.70. The van der Waals surface area contributed by atoms with E-state index in [1.54, 1.807) is 0 Å². The summed E-state index contributed by atoms with van der Waals surface area (Å²) in [7, 11) is 0. The molecule has 2 aromatic rings. The Labute approximate surface area is 156 Å². The van der Waals surface area contributed by atoms with Crippen LogP contribution in [0.2, 0.25) is 0 Å². The summed E-state index contributed by atoms with van der Waals surface area (Å²) in [5.74, 6) is 2.02. The SMILES string of the molecule is CCCc1nc(C)cc(N2[C@@H]3CC[C@H]2[C@](CO)(Cc2ccccc2)C3)n1. The van der Waals surface area contributed by atoms with Crippen molar-refractivity contribution in [3.8, 4) is 0 Å². The molecule has 0 saturated carbocycles. The van der Waals surface area contributed by atoms with E-state index in [9.17, 15) is 5.11 Å². The average Bonchev–Trinajstić information content (AvgIpc) is 3.18. The summed E-state index contributed by atoms with van der Waals surface area (Å²) in [6.45, 7) is 4.47. The van der Waals surface area contributed by atoms with Crippen molar-refractivity contribution in [1.82, 2.24) is 9.97 Å². The van der Waals surface area contributed by atoms with Gasteiger partial charge in [-0.15, -0.1) is 0 Å². The zero-order valence-corrected chi connectivity index (χ0v) is 15.9. The molecule has 138 valence electrons. The van der Waals surface area contributed by atoms with Crippen molar-refractivity contribution < 1.29 is 5.11 Å². The number of aliphatic hydroxyl groups excluding tert-OH is 1. The molecular weight excluding hydrogens is 322 g/mol. The Morgan fingerprint density at radius 1 is 1.19 bits per heavy atom. The fraction of sp³-hybridized carbons (Fsp3) is 0.545. The monoisotopic (exact) mass is 351 g/mol. The molecule has 0 amide bonds. The number of aliphatic hydroxyl groups is 1. The molecule has 4 rings (SSSR count). The average molecular weight is 351 g/mol. The molecule has 1 aromatic heterocycles. The quantitative estimate of drug-likeness (QED) is 0.862. The van der Waals surface area contributed by atoms with Crippen LogP contribution in [0.15, 0.2) is 36.4 Å².